The zero-order valence-corrected chi connectivity index (χ0v) is 13.3. The lowest BCUT2D eigenvalue weighted by Crippen LogP contribution is -2.29. The number of nitrogens with one attached hydrogen (secondary N) is 1. The Morgan fingerprint density at radius 3 is 2.75 bits per heavy atom. The van der Waals surface area contributed by atoms with Gasteiger partial charge in [0.25, 0.3) is 0 Å². The van der Waals surface area contributed by atoms with Crippen molar-refractivity contribution in [2.24, 2.45) is 0 Å². The van der Waals surface area contributed by atoms with Gasteiger partial charge in [0.1, 0.15) is 17.3 Å². The molecule has 0 amide bonds. The number of aromatic nitrogens is 2. The predicted molar refractivity (Wildman–Crippen MR) is 90.0 cm³/mol. The largest absolute Gasteiger partial charge is 0.325 e. The first kappa shape index (κ1) is 15.3. The van der Waals surface area contributed by atoms with Crippen molar-refractivity contribution in [2.75, 3.05) is 13.1 Å². The average molecular weight is 327 g/mol. The Kier molecular flexibility index (Phi) is 4.02. The molecule has 5 heteroatoms. The van der Waals surface area contributed by atoms with Crippen LogP contribution in [0.2, 0.25) is 0 Å². The molecular weight excluding hydrogens is 308 g/mol. The van der Waals surface area contributed by atoms with E-state index in [0.717, 1.165) is 42.7 Å². The SMILES string of the molecule is Fc1cccc(F)c1Cn1c(C2CCCNC2)cc2cccnc21. The van der Waals surface area contributed by atoms with E-state index in [0.29, 0.717) is 5.92 Å². The first-order valence-corrected chi connectivity index (χ1v) is 8.32. The van der Waals surface area contributed by atoms with Crippen molar-refractivity contribution in [1.82, 2.24) is 14.9 Å². The molecule has 4 rings (SSSR count). The monoisotopic (exact) mass is 327 g/mol. The van der Waals surface area contributed by atoms with Crippen molar-refractivity contribution in [2.45, 2.75) is 25.3 Å². The van der Waals surface area contributed by atoms with Gasteiger partial charge in [-0.3, -0.25) is 0 Å². The first-order chi connectivity index (χ1) is 11.7. The molecule has 3 heterocycles. The topological polar surface area (TPSA) is 29.9 Å². The fourth-order valence-electron chi connectivity index (χ4n) is 3.56. The normalized spacial score (nSPS) is 18.2. The molecule has 0 spiro atoms. The van der Waals surface area contributed by atoms with Gasteiger partial charge < -0.3 is 9.88 Å². The van der Waals surface area contributed by atoms with Gasteiger partial charge in [-0.1, -0.05) is 6.07 Å². The third-order valence-electron chi connectivity index (χ3n) is 4.78. The number of piperidine rings is 1. The Bertz CT molecular complexity index is 846. The quantitative estimate of drug-likeness (QED) is 0.792. The van der Waals surface area contributed by atoms with E-state index in [1.807, 2.05) is 16.7 Å². The van der Waals surface area contributed by atoms with E-state index in [1.165, 1.54) is 18.2 Å². The number of fused-ring (bicyclic) bond motifs is 1. The minimum atomic E-state index is -0.513. The van der Waals surface area contributed by atoms with Gasteiger partial charge in [-0.25, -0.2) is 13.8 Å². The van der Waals surface area contributed by atoms with Crippen LogP contribution in [-0.4, -0.2) is 22.6 Å². The Labute approximate surface area is 139 Å². The molecule has 24 heavy (non-hydrogen) atoms. The second-order valence-corrected chi connectivity index (χ2v) is 6.32. The molecule has 0 radical (unpaired) electrons. The fraction of sp³-hybridized carbons (Fsp3) is 0.316. The number of rotatable bonds is 3. The molecule has 0 saturated carbocycles. The highest BCUT2D eigenvalue weighted by Gasteiger charge is 2.22. The molecule has 1 saturated heterocycles. The molecule has 1 aliphatic heterocycles. The van der Waals surface area contributed by atoms with Crippen molar-refractivity contribution in [3.05, 3.63) is 65.5 Å². The van der Waals surface area contributed by atoms with Crippen LogP contribution in [0.5, 0.6) is 0 Å². The molecule has 2 aromatic heterocycles. The zero-order valence-electron chi connectivity index (χ0n) is 13.3. The summed E-state index contributed by atoms with van der Waals surface area (Å²) in [7, 11) is 0. The van der Waals surface area contributed by atoms with Gasteiger partial charge in [0.2, 0.25) is 0 Å². The summed E-state index contributed by atoms with van der Waals surface area (Å²) in [6.07, 6.45) is 3.90. The van der Waals surface area contributed by atoms with E-state index >= 15 is 0 Å². The molecule has 0 aliphatic carbocycles. The Hall–Kier alpha value is -2.27. The standard InChI is InChI=1S/C19H19F2N3/c20-16-6-1-7-17(21)15(16)12-24-18(14-5-2-8-22-11-14)10-13-4-3-9-23-19(13)24/h1,3-4,6-7,9-10,14,22H,2,5,8,11-12H2. The van der Waals surface area contributed by atoms with Crippen LogP contribution in [0.4, 0.5) is 8.78 Å². The molecule has 124 valence electrons. The van der Waals surface area contributed by atoms with E-state index in [2.05, 4.69) is 16.4 Å². The summed E-state index contributed by atoms with van der Waals surface area (Å²) in [5.41, 5.74) is 1.96. The van der Waals surface area contributed by atoms with Gasteiger partial charge >= 0.3 is 0 Å². The summed E-state index contributed by atoms with van der Waals surface area (Å²) in [5, 5.41) is 4.42. The van der Waals surface area contributed by atoms with Crippen molar-refractivity contribution >= 4 is 11.0 Å². The van der Waals surface area contributed by atoms with Crippen LogP contribution in [-0.2, 0) is 6.54 Å². The van der Waals surface area contributed by atoms with Crippen LogP contribution in [0.3, 0.4) is 0 Å². The summed E-state index contributed by atoms with van der Waals surface area (Å²) < 4.78 is 30.2. The average Bonchev–Trinajstić information content (AvgIpc) is 2.98. The predicted octanol–water partition coefficient (Wildman–Crippen LogP) is 3.83. The zero-order chi connectivity index (χ0) is 16.5. The van der Waals surface area contributed by atoms with Crippen molar-refractivity contribution in [3.63, 3.8) is 0 Å². The lowest BCUT2D eigenvalue weighted by atomic mass is 9.96. The molecule has 3 nitrogen and oxygen atoms in total. The van der Waals surface area contributed by atoms with Crippen LogP contribution >= 0.6 is 0 Å². The molecule has 1 N–H and O–H groups in total. The molecule has 0 bridgehead atoms. The molecule has 1 fully saturated rings. The summed E-state index contributed by atoms with van der Waals surface area (Å²) >= 11 is 0. The lowest BCUT2D eigenvalue weighted by molar-refractivity contribution is 0.442. The van der Waals surface area contributed by atoms with Crippen molar-refractivity contribution in [3.8, 4) is 0 Å². The number of pyridine rings is 1. The molecule has 3 aromatic rings. The lowest BCUT2D eigenvalue weighted by Gasteiger charge is -2.24. The highest BCUT2D eigenvalue weighted by Crippen LogP contribution is 2.30. The van der Waals surface area contributed by atoms with Crippen LogP contribution in [0, 0.1) is 11.6 Å². The maximum atomic E-state index is 14.1. The first-order valence-electron chi connectivity index (χ1n) is 8.32. The van der Waals surface area contributed by atoms with Gasteiger partial charge in [0.15, 0.2) is 0 Å². The number of benzene rings is 1. The second kappa shape index (κ2) is 6.32. The number of nitrogens with zero attached hydrogens (tertiary/aromatic N) is 2. The molecular formula is C19H19F2N3. The maximum Gasteiger partial charge on any atom is 0.140 e. The van der Waals surface area contributed by atoms with Gasteiger partial charge in [0, 0.05) is 35.3 Å². The smallest absolute Gasteiger partial charge is 0.140 e. The Balaban J connectivity index is 1.83. The number of hydrogen-bond acceptors (Lipinski definition) is 2. The number of halogens is 2. The third kappa shape index (κ3) is 2.69. The van der Waals surface area contributed by atoms with E-state index in [4.69, 9.17) is 0 Å². The molecule has 1 aromatic carbocycles. The van der Waals surface area contributed by atoms with Crippen LogP contribution < -0.4 is 5.32 Å². The van der Waals surface area contributed by atoms with Crippen LogP contribution in [0.25, 0.3) is 11.0 Å². The minimum Gasteiger partial charge on any atom is -0.325 e. The second-order valence-electron chi connectivity index (χ2n) is 6.32. The molecule has 1 atom stereocenters. The maximum absolute atomic E-state index is 14.1. The van der Waals surface area contributed by atoms with Crippen LogP contribution in [0.15, 0.2) is 42.6 Å². The van der Waals surface area contributed by atoms with E-state index in [1.54, 1.807) is 6.20 Å². The van der Waals surface area contributed by atoms with E-state index in [-0.39, 0.29) is 12.1 Å². The minimum absolute atomic E-state index is 0.0886. The van der Waals surface area contributed by atoms with Gasteiger partial charge in [-0.05, 0) is 49.7 Å². The molecule has 1 unspecified atom stereocenters. The summed E-state index contributed by atoms with van der Waals surface area (Å²) in [6.45, 7) is 2.07. The summed E-state index contributed by atoms with van der Waals surface area (Å²) in [4.78, 5) is 4.45. The summed E-state index contributed by atoms with van der Waals surface area (Å²) in [6, 6.07) is 10.00. The van der Waals surface area contributed by atoms with Crippen molar-refractivity contribution in [1.29, 1.82) is 0 Å². The fourth-order valence-corrected chi connectivity index (χ4v) is 3.56. The summed E-state index contributed by atoms with van der Waals surface area (Å²) in [5.74, 6) is -0.691. The highest BCUT2D eigenvalue weighted by atomic mass is 19.1. The Morgan fingerprint density at radius 2 is 2.00 bits per heavy atom. The highest BCUT2D eigenvalue weighted by molar-refractivity contribution is 5.77. The van der Waals surface area contributed by atoms with Gasteiger partial charge in [0.05, 0.1) is 6.54 Å². The molecule has 1 aliphatic rings. The Morgan fingerprint density at radius 1 is 1.17 bits per heavy atom. The van der Waals surface area contributed by atoms with Gasteiger partial charge in [-0.15, -0.1) is 0 Å². The van der Waals surface area contributed by atoms with E-state index in [9.17, 15) is 8.78 Å². The number of hydrogen-bond donors (Lipinski definition) is 1. The van der Waals surface area contributed by atoms with Crippen LogP contribution in [0.1, 0.15) is 30.0 Å². The van der Waals surface area contributed by atoms with Gasteiger partial charge in [-0.2, -0.15) is 0 Å². The van der Waals surface area contributed by atoms with E-state index < -0.39 is 11.6 Å². The third-order valence-corrected chi connectivity index (χ3v) is 4.78. The van der Waals surface area contributed by atoms with Crippen molar-refractivity contribution < 1.29 is 8.78 Å².